The van der Waals surface area contributed by atoms with E-state index in [0.717, 1.165) is 19.5 Å². The van der Waals surface area contributed by atoms with Crippen LogP contribution in [0.1, 0.15) is 37.6 Å². The molecule has 1 unspecified atom stereocenters. The van der Waals surface area contributed by atoms with E-state index in [2.05, 4.69) is 31.0 Å². The number of hydrogen-bond acceptors (Lipinski definition) is 4. The van der Waals surface area contributed by atoms with Crippen LogP contribution < -0.4 is 10.1 Å². The lowest BCUT2D eigenvalue weighted by Crippen LogP contribution is -2.43. The summed E-state index contributed by atoms with van der Waals surface area (Å²) in [5.41, 5.74) is 0.575. The molecule has 0 spiro atoms. The first-order chi connectivity index (χ1) is 10.8. The Morgan fingerprint density at radius 2 is 2.13 bits per heavy atom. The number of nitrogens with zero attached hydrogens (tertiary/aromatic N) is 1. The molecule has 126 valence electrons. The van der Waals surface area contributed by atoms with E-state index in [4.69, 9.17) is 9.84 Å². The lowest BCUT2D eigenvalue weighted by molar-refractivity contribution is -0.139. The average molecular weight is 320 g/mol. The summed E-state index contributed by atoms with van der Waals surface area (Å²) in [6.45, 7) is 7.89. The third-order valence-electron chi connectivity index (χ3n) is 3.93. The van der Waals surface area contributed by atoms with E-state index < -0.39 is 12.6 Å². The molecule has 2 rings (SSSR count). The van der Waals surface area contributed by atoms with Crippen molar-refractivity contribution < 1.29 is 19.4 Å². The summed E-state index contributed by atoms with van der Waals surface area (Å²) < 4.78 is 5.10. The van der Waals surface area contributed by atoms with Crippen molar-refractivity contribution in [1.29, 1.82) is 0 Å². The first-order valence-corrected chi connectivity index (χ1v) is 7.76. The number of carbonyl (C=O) groups is 2. The minimum absolute atomic E-state index is 0.101. The first-order valence-electron chi connectivity index (χ1n) is 7.76. The molecule has 0 radical (unpaired) electrons. The minimum atomic E-state index is -1.05. The van der Waals surface area contributed by atoms with Gasteiger partial charge in [0.05, 0.1) is 0 Å². The van der Waals surface area contributed by atoms with Crippen LogP contribution in [-0.4, -0.2) is 53.2 Å². The van der Waals surface area contributed by atoms with E-state index in [1.165, 1.54) is 0 Å². The summed E-state index contributed by atoms with van der Waals surface area (Å²) in [6.07, 6.45) is 0.929. The Hall–Kier alpha value is -2.08. The van der Waals surface area contributed by atoms with Gasteiger partial charge in [0.2, 0.25) is 0 Å². The molecule has 6 heteroatoms. The largest absolute Gasteiger partial charge is 0.482 e. The van der Waals surface area contributed by atoms with Crippen LogP contribution in [0.3, 0.4) is 0 Å². The number of carboxylic acids is 1. The number of carbonyl (C=O) groups excluding carboxylic acids is 1. The molecular formula is C17H24N2O4. The zero-order valence-electron chi connectivity index (χ0n) is 13.8. The van der Waals surface area contributed by atoms with Gasteiger partial charge in [0.25, 0.3) is 5.91 Å². The minimum Gasteiger partial charge on any atom is -0.482 e. The number of amides is 1. The molecule has 1 aromatic rings. The number of rotatable bonds is 5. The maximum atomic E-state index is 12.3. The highest BCUT2D eigenvalue weighted by atomic mass is 16.5. The summed E-state index contributed by atoms with van der Waals surface area (Å²) in [5.74, 6) is -0.831. The molecule has 23 heavy (non-hydrogen) atoms. The number of aliphatic carboxylic acids is 1. The molecule has 1 aliphatic rings. The Morgan fingerprint density at radius 3 is 2.74 bits per heavy atom. The molecule has 1 aliphatic heterocycles. The van der Waals surface area contributed by atoms with Gasteiger partial charge in [-0.3, -0.25) is 9.69 Å². The number of ether oxygens (including phenoxy) is 1. The molecular weight excluding hydrogens is 296 g/mol. The van der Waals surface area contributed by atoms with E-state index in [-0.39, 0.29) is 17.5 Å². The van der Waals surface area contributed by atoms with Gasteiger partial charge in [-0.25, -0.2) is 4.79 Å². The average Bonchev–Trinajstić information content (AvgIpc) is 2.94. The highest BCUT2D eigenvalue weighted by Crippen LogP contribution is 2.21. The van der Waals surface area contributed by atoms with E-state index >= 15 is 0 Å². The fourth-order valence-electron chi connectivity index (χ4n) is 2.63. The van der Waals surface area contributed by atoms with Gasteiger partial charge in [-0.05, 0) is 45.4 Å². The van der Waals surface area contributed by atoms with Crippen molar-refractivity contribution >= 4 is 11.9 Å². The van der Waals surface area contributed by atoms with Crippen molar-refractivity contribution in [2.75, 3.05) is 19.7 Å². The number of carboxylic acid groups (broad SMARTS) is 1. The second-order valence-corrected chi connectivity index (χ2v) is 6.79. The van der Waals surface area contributed by atoms with Crippen LogP contribution in [0.15, 0.2) is 24.3 Å². The van der Waals surface area contributed by atoms with Gasteiger partial charge >= 0.3 is 5.97 Å². The fourth-order valence-corrected chi connectivity index (χ4v) is 2.63. The van der Waals surface area contributed by atoms with Gasteiger partial charge in [-0.15, -0.1) is 0 Å². The number of nitrogens with one attached hydrogen (secondary N) is 1. The van der Waals surface area contributed by atoms with E-state index in [1.807, 2.05) is 0 Å². The topological polar surface area (TPSA) is 78.9 Å². The van der Waals surface area contributed by atoms with Crippen LogP contribution in [0.4, 0.5) is 0 Å². The lowest BCUT2D eigenvalue weighted by Gasteiger charge is -2.31. The Bertz CT molecular complexity index is 580. The summed E-state index contributed by atoms with van der Waals surface area (Å²) in [7, 11) is 0. The summed E-state index contributed by atoms with van der Waals surface area (Å²) >= 11 is 0. The van der Waals surface area contributed by atoms with Gasteiger partial charge in [0.1, 0.15) is 5.75 Å². The van der Waals surface area contributed by atoms with Gasteiger partial charge in [0.15, 0.2) is 6.61 Å². The zero-order valence-corrected chi connectivity index (χ0v) is 13.8. The van der Waals surface area contributed by atoms with Crippen LogP contribution >= 0.6 is 0 Å². The Labute approximate surface area is 136 Å². The quantitative estimate of drug-likeness (QED) is 0.864. The van der Waals surface area contributed by atoms with Crippen LogP contribution in [0.5, 0.6) is 5.75 Å². The standard InChI is InChI=1S/C17H24N2O4/c1-17(2,3)19-8-7-13(10-19)18-16(22)12-5-4-6-14(9-12)23-11-15(20)21/h4-6,9,13H,7-8,10-11H2,1-3H3,(H,18,22)(H,20,21). The second kappa shape index (κ2) is 7.00. The molecule has 1 heterocycles. The van der Waals surface area contributed by atoms with Crippen LogP contribution in [0.25, 0.3) is 0 Å². The predicted molar refractivity (Wildman–Crippen MR) is 86.8 cm³/mol. The highest BCUT2D eigenvalue weighted by molar-refractivity contribution is 5.94. The normalized spacial score (nSPS) is 18.7. The van der Waals surface area contributed by atoms with Crippen molar-refractivity contribution in [3.05, 3.63) is 29.8 Å². The molecule has 1 saturated heterocycles. The zero-order chi connectivity index (χ0) is 17.0. The maximum Gasteiger partial charge on any atom is 0.341 e. The smallest absolute Gasteiger partial charge is 0.341 e. The molecule has 1 fully saturated rings. The lowest BCUT2D eigenvalue weighted by atomic mass is 10.1. The fraction of sp³-hybridized carbons (Fsp3) is 0.529. The third kappa shape index (κ3) is 4.96. The molecule has 0 aliphatic carbocycles. The van der Waals surface area contributed by atoms with Crippen LogP contribution in [-0.2, 0) is 4.79 Å². The van der Waals surface area contributed by atoms with E-state index in [1.54, 1.807) is 24.3 Å². The number of benzene rings is 1. The van der Waals surface area contributed by atoms with Crippen molar-refractivity contribution in [1.82, 2.24) is 10.2 Å². The molecule has 2 N–H and O–H groups in total. The number of likely N-dealkylation sites (tertiary alicyclic amines) is 1. The van der Waals surface area contributed by atoms with Gasteiger partial charge in [0, 0.05) is 30.2 Å². The molecule has 0 bridgehead atoms. The van der Waals surface area contributed by atoms with E-state index in [0.29, 0.717) is 11.3 Å². The van der Waals surface area contributed by atoms with Crippen LogP contribution in [0.2, 0.25) is 0 Å². The SMILES string of the molecule is CC(C)(C)N1CCC(NC(=O)c2cccc(OCC(=O)O)c2)C1. The van der Waals surface area contributed by atoms with Crippen molar-refractivity contribution in [2.45, 2.75) is 38.8 Å². The van der Waals surface area contributed by atoms with E-state index in [9.17, 15) is 9.59 Å². The molecule has 1 aromatic carbocycles. The highest BCUT2D eigenvalue weighted by Gasteiger charge is 2.31. The molecule has 0 saturated carbocycles. The first kappa shape index (κ1) is 17.3. The summed E-state index contributed by atoms with van der Waals surface area (Å²) in [4.78, 5) is 25.2. The van der Waals surface area contributed by atoms with Gasteiger partial charge < -0.3 is 15.2 Å². The predicted octanol–water partition coefficient (Wildman–Crippen LogP) is 1.75. The Kier molecular flexibility index (Phi) is 5.26. The monoisotopic (exact) mass is 320 g/mol. The van der Waals surface area contributed by atoms with Gasteiger partial charge in [-0.2, -0.15) is 0 Å². The van der Waals surface area contributed by atoms with Crippen LogP contribution in [0, 0.1) is 0 Å². The molecule has 1 atom stereocenters. The Morgan fingerprint density at radius 1 is 1.39 bits per heavy atom. The van der Waals surface area contributed by atoms with Crippen molar-refractivity contribution in [3.8, 4) is 5.75 Å². The third-order valence-corrected chi connectivity index (χ3v) is 3.93. The molecule has 1 amide bonds. The van der Waals surface area contributed by atoms with Crippen molar-refractivity contribution in [3.63, 3.8) is 0 Å². The molecule has 6 nitrogen and oxygen atoms in total. The summed E-state index contributed by atoms with van der Waals surface area (Å²) in [6, 6.07) is 6.71. The van der Waals surface area contributed by atoms with Crippen molar-refractivity contribution in [2.24, 2.45) is 0 Å². The van der Waals surface area contributed by atoms with Gasteiger partial charge in [-0.1, -0.05) is 6.07 Å². The second-order valence-electron chi connectivity index (χ2n) is 6.79. The molecule has 0 aromatic heterocycles. The maximum absolute atomic E-state index is 12.3. The Balaban J connectivity index is 1.94. The summed E-state index contributed by atoms with van der Waals surface area (Å²) in [5, 5.41) is 11.7. The number of hydrogen-bond donors (Lipinski definition) is 2.